The fourth-order valence-corrected chi connectivity index (χ4v) is 1.74. The van der Waals surface area contributed by atoms with Gasteiger partial charge in [-0.2, -0.15) is 0 Å². The predicted octanol–water partition coefficient (Wildman–Crippen LogP) is 4.21. The molecule has 1 atom stereocenters. The molecule has 84 valence electrons. The van der Waals surface area contributed by atoms with Gasteiger partial charge in [0, 0.05) is 6.42 Å². The molecule has 0 rings (SSSR count). The highest BCUT2D eigenvalue weighted by atomic mass is 16.1. The minimum atomic E-state index is 0.327. The van der Waals surface area contributed by atoms with Crippen molar-refractivity contribution in [2.45, 2.75) is 66.7 Å². The van der Waals surface area contributed by atoms with E-state index in [2.05, 4.69) is 27.7 Å². The second-order valence-electron chi connectivity index (χ2n) is 5.11. The van der Waals surface area contributed by atoms with Gasteiger partial charge in [0.05, 0.1) is 0 Å². The topological polar surface area (TPSA) is 17.1 Å². The number of rotatable bonds is 7. The summed E-state index contributed by atoms with van der Waals surface area (Å²) in [6.07, 6.45) is 5.60. The number of carbonyl (C=O) groups is 1. The molecule has 1 heteroatoms. The van der Waals surface area contributed by atoms with Crippen LogP contribution in [0.2, 0.25) is 0 Å². The summed E-state index contributed by atoms with van der Waals surface area (Å²) in [6, 6.07) is 0. The third-order valence-corrected chi connectivity index (χ3v) is 3.54. The average molecular weight is 198 g/mol. The molecule has 0 saturated heterocycles. The van der Waals surface area contributed by atoms with Crippen LogP contribution in [-0.2, 0) is 4.79 Å². The molecule has 0 aliphatic carbocycles. The quantitative estimate of drug-likeness (QED) is 0.599. The zero-order valence-electron chi connectivity index (χ0n) is 10.5. The van der Waals surface area contributed by atoms with Crippen LogP contribution < -0.4 is 0 Å². The van der Waals surface area contributed by atoms with Crippen LogP contribution in [0, 0.1) is 11.3 Å². The molecule has 0 fully saturated rings. The van der Waals surface area contributed by atoms with Crippen molar-refractivity contribution in [3.8, 4) is 0 Å². The summed E-state index contributed by atoms with van der Waals surface area (Å²) in [5, 5.41) is 0. The number of hydrogen-bond acceptors (Lipinski definition) is 1. The van der Waals surface area contributed by atoms with Crippen molar-refractivity contribution in [2.24, 2.45) is 11.3 Å². The monoisotopic (exact) mass is 198 g/mol. The van der Waals surface area contributed by atoms with E-state index in [1.54, 1.807) is 6.92 Å². The van der Waals surface area contributed by atoms with Crippen molar-refractivity contribution in [1.29, 1.82) is 0 Å². The lowest BCUT2D eigenvalue weighted by molar-refractivity contribution is -0.117. The van der Waals surface area contributed by atoms with Crippen LogP contribution in [-0.4, -0.2) is 5.78 Å². The lowest BCUT2D eigenvalue weighted by Gasteiger charge is -2.33. The van der Waals surface area contributed by atoms with Crippen molar-refractivity contribution in [1.82, 2.24) is 0 Å². The molecule has 0 saturated carbocycles. The molecule has 0 aromatic heterocycles. The van der Waals surface area contributed by atoms with E-state index in [-0.39, 0.29) is 0 Å². The van der Waals surface area contributed by atoms with Gasteiger partial charge in [-0.25, -0.2) is 0 Å². The van der Waals surface area contributed by atoms with Gasteiger partial charge in [0.25, 0.3) is 0 Å². The Hall–Kier alpha value is -0.330. The van der Waals surface area contributed by atoms with Gasteiger partial charge < -0.3 is 4.79 Å². The molecular weight excluding hydrogens is 172 g/mol. The van der Waals surface area contributed by atoms with E-state index >= 15 is 0 Å². The number of carbonyl (C=O) groups excluding carboxylic acids is 1. The van der Waals surface area contributed by atoms with Crippen molar-refractivity contribution >= 4 is 5.78 Å². The number of hydrogen-bond donors (Lipinski definition) is 0. The lowest BCUT2D eigenvalue weighted by Crippen LogP contribution is -2.24. The van der Waals surface area contributed by atoms with E-state index in [0.29, 0.717) is 17.1 Å². The predicted molar refractivity (Wildman–Crippen MR) is 62.4 cm³/mol. The van der Waals surface area contributed by atoms with E-state index in [0.717, 1.165) is 12.8 Å². The highest BCUT2D eigenvalue weighted by Crippen LogP contribution is 2.37. The first kappa shape index (κ1) is 13.7. The Balaban J connectivity index is 4.16. The second kappa shape index (κ2) is 6.21. The SMILES string of the molecule is CCCC[C@@](C)(CCC(C)=O)C(C)C. The molecule has 0 aromatic rings. The summed E-state index contributed by atoms with van der Waals surface area (Å²) in [5.41, 5.74) is 0.363. The molecule has 0 amide bonds. The van der Waals surface area contributed by atoms with Gasteiger partial charge in [-0.15, -0.1) is 0 Å². The average Bonchev–Trinajstić information content (AvgIpc) is 2.11. The fourth-order valence-electron chi connectivity index (χ4n) is 1.74. The number of ketones is 1. The molecule has 0 aliphatic rings. The molecule has 0 aromatic carbocycles. The first-order valence-corrected chi connectivity index (χ1v) is 5.92. The van der Waals surface area contributed by atoms with Crippen LogP contribution in [0.3, 0.4) is 0 Å². The van der Waals surface area contributed by atoms with Gasteiger partial charge in [0.1, 0.15) is 5.78 Å². The smallest absolute Gasteiger partial charge is 0.129 e. The fraction of sp³-hybridized carbons (Fsp3) is 0.923. The maximum atomic E-state index is 11.0. The lowest BCUT2D eigenvalue weighted by atomic mass is 9.72. The van der Waals surface area contributed by atoms with Gasteiger partial charge in [-0.05, 0) is 31.1 Å². The third kappa shape index (κ3) is 4.78. The van der Waals surface area contributed by atoms with Gasteiger partial charge in [0.15, 0.2) is 0 Å². The molecular formula is C13H26O. The Labute approximate surface area is 89.3 Å². The minimum Gasteiger partial charge on any atom is -0.300 e. The molecule has 0 unspecified atom stereocenters. The summed E-state index contributed by atoms with van der Waals surface area (Å²) in [4.78, 5) is 11.0. The molecule has 1 nitrogen and oxygen atoms in total. The highest BCUT2D eigenvalue weighted by molar-refractivity contribution is 5.75. The normalized spacial score (nSPS) is 15.6. The molecule has 14 heavy (non-hydrogen) atoms. The van der Waals surface area contributed by atoms with Gasteiger partial charge in [-0.3, -0.25) is 0 Å². The molecule has 0 radical (unpaired) electrons. The van der Waals surface area contributed by atoms with Crippen LogP contribution >= 0.6 is 0 Å². The summed E-state index contributed by atoms with van der Waals surface area (Å²) in [7, 11) is 0. The van der Waals surface area contributed by atoms with Gasteiger partial charge in [-0.1, -0.05) is 40.5 Å². The maximum absolute atomic E-state index is 11.0. The number of unbranched alkanes of at least 4 members (excludes halogenated alkanes) is 1. The van der Waals surface area contributed by atoms with E-state index in [1.165, 1.54) is 19.3 Å². The highest BCUT2D eigenvalue weighted by Gasteiger charge is 2.27. The Morgan fingerprint density at radius 1 is 1.29 bits per heavy atom. The Kier molecular flexibility index (Phi) is 6.06. The van der Waals surface area contributed by atoms with Crippen molar-refractivity contribution < 1.29 is 4.79 Å². The van der Waals surface area contributed by atoms with Crippen LogP contribution in [0.15, 0.2) is 0 Å². The van der Waals surface area contributed by atoms with Crippen LogP contribution in [0.5, 0.6) is 0 Å². The largest absolute Gasteiger partial charge is 0.300 e. The van der Waals surface area contributed by atoms with E-state index in [9.17, 15) is 4.79 Å². The van der Waals surface area contributed by atoms with Crippen LogP contribution in [0.4, 0.5) is 0 Å². The molecule has 0 bridgehead atoms. The zero-order valence-corrected chi connectivity index (χ0v) is 10.5. The molecule has 0 heterocycles. The van der Waals surface area contributed by atoms with Crippen LogP contribution in [0.1, 0.15) is 66.7 Å². The second-order valence-corrected chi connectivity index (χ2v) is 5.11. The summed E-state index contributed by atoms with van der Waals surface area (Å²) >= 11 is 0. The van der Waals surface area contributed by atoms with Crippen molar-refractivity contribution in [3.05, 3.63) is 0 Å². The Morgan fingerprint density at radius 2 is 1.86 bits per heavy atom. The molecule has 0 aliphatic heterocycles. The minimum absolute atomic E-state index is 0.327. The summed E-state index contributed by atoms with van der Waals surface area (Å²) in [6.45, 7) is 10.8. The van der Waals surface area contributed by atoms with Gasteiger partial charge in [0.2, 0.25) is 0 Å². The summed E-state index contributed by atoms with van der Waals surface area (Å²) < 4.78 is 0. The first-order valence-electron chi connectivity index (χ1n) is 5.92. The van der Waals surface area contributed by atoms with Crippen molar-refractivity contribution in [2.75, 3.05) is 0 Å². The standard InChI is InChI=1S/C13H26O/c1-6-7-9-13(5,11(2)3)10-8-12(4)14/h11H,6-10H2,1-5H3/t13-/m0/s1. The van der Waals surface area contributed by atoms with Gasteiger partial charge >= 0.3 is 0 Å². The molecule has 0 N–H and O–H groups in total. The third-order valence-electron chi connectivity index (χ3n) is 3.54. The maximum Gasteiger partial charge on any atom is 0.129 e. The van der Waals surface area contributed by atoms with Crippen LogP contribution in [0.25, 0.3) is 0 Å². The molecule has 0 spiro atoms. The van der Waals surface area contributed by atoms with E-state index in [4.69, 9.17) is 0 Å². The first-order chi connectivity index (χ1) is 6.42. The zero-order chi connectivity index (χ0) is 11.2. The van der Waals surface area contributed by atoms with E-state index in [1.807, 2.05) is 0 Å². The van der Waals surface area contributed by atoms with Crippen molar-refractivity contribution in [3.63, 3.8) is 0 Å². The van der Waals surface area contributed by atoms with E-state index < -0.39 is 0 Å². The number of Topliss-reactive ketones (excluding diaryl/α,β-unsaturated/α-hetero) is 1. The Morgan fingerprint density at radius 3 is 2.21 bits per heavy atom. The summed E-state index contributed by atoms with van der Waals surface area (Å²) in [5.74, 6) is 1.00. The Bertz CT molecular complexity index is 172.